The number of unbranched alkanes of at least 4 members (excludes halogenated alkanes) is 10. The van der Waals surface area contributed by atoms with Crippen LogP contribution in [0.3, 0.4) is 0 Å². The van der Waals surface area contributed by atoms with Crippen LogP contribution in [-0.4, -0.2) is 90.1 Å². The Labute approximate surface area is 533 Å². The van der Waals surface area contributed by atoms with Crippen molar-refractivity contribution in [3.63, 3.8) is 0 Å². The molecule has 90 heavy (non-hydrogen) atoms. The predicted octanol–water partition coefficient (Wildman–Crippen LogP) is 9.79. The molecule has 454 valence electrons. The second-order valence-electron chi connectivity index (χ2n) is 19.6. The smallest absolute Gasteiger partial charge is 0.333 e. The van der Waals surface area contributed by atoms with E-state index in [1.807, 2.05) is 37.3 Å². The molecule has 0 radical (unpaired) electrons. The largest absolute Gasteiger partial charge is 0.462 e. The number of piperidine rings is 1. The molecule has 1 aromatic carbocycles. The number of hydrogen-bond donors (Lipinski definition) is 2. The molecule has 4 rings (SSSR count). The third-order valence-corrected chi connectivity index (χ3v) is 14.0. The van der Waals surface area contributed by atoms with E-state index in [2.05, 4.69) is 185 Å². The number of nitrogens with one attached hydrogen (secondary N) is 1. The van der Waals surface area contributed by atoms with Gasteiger partial charge in [-0.05, 0) is 257 Å². The van der Waals surface area contributed by atoms with Gasteiger partial charge in [0.1, 0.15) is 24.5 Å². The minimum Gasteiger partial charge on any atom is -0.462 e. The molecule has 3 aromatic rings. The molecule has 0 saturated carbocycles. The van der Waals surface area contributed by atoms with Gasteiger partial charge < -0.3 is 43.5 Å². The van der Waals surface area contributed by atoms with Crippen molar-refractivity contribution in [1.29, 1.82) is 0 Å². The highest BCUT2D eigenvalue weighted by Gasteiger charge is 2.25. The van der Waals surface area contributed by atoms with Gasteiger partial charge in [-0.25, -0.2) is 16.4 Å². The quantitative estimate of drug-likeness (QED) is 0.0207. The number of allylic oxidation sites excluding steroid dienone is 4. The van der Waals surface area contributed by atoms with Crippen LogP contribution in [0.2, 0.25) is 0 Å². The Hall–Kier alpha value is -10.3. The second-order valence-corrected chi connectivity index (χ2v) is 20.9. The lowest BCUT2D eigenvalue weighted by atomic mass is 9.96. The standard InChI is InChI=1S/C75H71N6O8P/c1-5-7-9-11-13-15-17-19-21-23-25-27-29-31-33-35-37-39-41-43-45-47-49-70(82)85-63-67(89-71(83)50-48-46-44-42-40-38-36-34-32-30-28-26-24-22-20-18-16-14-12-10-8-6-2)64-88-90(86-59-55-77-4)87-60-58-80-56-53-66(54-57-80)62-81-73-68-52-51-65(3)61-69(68)78-74(76)72(73)79-75(81)84/h33-36,51-52,61,66-67H,37-50,53-60,62-64H2,1-3H3,(H2,76,78)(H,79,84)/b35-33+,36-34+/t67-,90?/m1/s1. The highest BCUT2D eigenvalue weighted by atomic mass is 31.2. The number of aryl methyl sites for hydroxylation is 1. The summed E-state index contributed by atoms with van der Waals surface area (Å²) in [4.78, 5) is 52.6. The zero-order valence-electron chi connectivity index (χ0n) is 51.5. The maximum absolute atomic E-state index is 13.3. The summed E-state index contributed by atoms with van der Waals surface area (Å²) >= 11 is 0. The molecule has 1 fully saturated rings. The van der Waals surface area contributed by atoms with E-state index in [0.29, 0.717) is 37.3 Å². The van der Waals surface area contributed by atoms with Crippen molar-refractivity contribution in [1.82, 2.24) is 19.4 Å². The van der Waals surface area contributed by atoms with Crippen LogP contribution in [0.15, 0.2) is 47.3 Å². The number of likely N-dealkylation sites (tertiary alicyclic amines) is 1. The van der Waals surface area contributed by atoms with Gasteiger partial charge in [0.2, 0.25) is 6.54 Å². The number of aromatic nitrogens is 3. The third kappa shape index (κ3) is 33.0. The van der Waals surface area contributed by atoms with Crippen molar-refractivity contribution >= 4 is 48.3 Å². The Bertz CT molecular complexity index is 4050. The first-order valence-electron chi connectivity index (χ1n) is 29.7. The topological polar surface area (TPSA) is 165 Å². The molecular weight excluding hydrogens is 1140 g/mol. The van der Waals surface area contributed by atoms with E-state index in [9.17, 15) is 14.4 Å². The van der Waals surface area contributed by atoms with Crippen LogP contribution in [0.5, 0.6) is 0 Å². The molecule has 14 nitrogen and oxygen atoms in total. The van der Waals surface area contributed by atoms with Gasteiger partial charge in [0, 0.05) is 31.3 Å². The van der Waals surface area contributed by atoms with Gasteiger partial charge in [-0.1, -0.05) is 86.5 Å². The lowest BCUT2D eigenvalue weighted by Crippen LogP contribution is -2.37. The molecular formula is C75H71N6O8P. The second kappa shape index (κ2) is 47.8. The predicted molar refractivity (Wildman–Crippen MR) is 356 cm³/mol. The van der Waals surface area contributed by atoms with Crippen LogP contribution in [0.1, 0.15) is 122 Å². The van der Waals surface area contributed by atoms with E-state index < -0.39 is 26.6 Å². The van der Waals surface area contributed by atoms with Crippen LogP contribution in [0, 0.1) is 185 Å². The summed E-state index contributed by atoms with van der Waals surface area (Å²) in [7, 11) is -1.95. The maximum Gasteiger partial charge on any atom is 0.333 e. The number of nitrogens with two attached hydrogens (primary N) is 1. The highest BCUT2D eigenvalue weighted by Crippen LogP contribution is 2.40. The first-order chi connectivity index (χ1) is 44.2. The number of rotatable bonds is 31. The normalized spacial score (nSPS) is 11.5. The summed E-state index contributed by atoms with van der Waals surface area (Å²) in [5.41, 5.74) is 9.25. The van der Waals surface area contributed by atoms with Gasteiger partial charge >= 0.3 is 26.2 Å². The van der Waals surface area contributed by atoms with Crippen LogP contribution < -0.4 is 11.4 Å². The summed E-state index contributed by atoms with van der Waals surface area (Å²) in [6.07, 6.45) is 19.3. The number of nitrogens with zero attached hydrogens (tertiary/aromatic N) is 4. The number of carbonyl (C=O) groups is 2. The fourth-order valence-electron chi connectivity index (χ4n) is 8.47. The summed E-state index contributed by atoms with van der Waals surface area (Å²) < 4.78 is 31.4. The Morgan fingerprint density at radius 2 is 1.18 bits per heavy atom. The van der Waals surface area contributed by atoms with Crippen molar-refractivity contribution in [2.24, 2.45) is 5.92 Å². The summed E-state index contributed by atoms with van der Waals surface area (Å²) in [5.74, 6) is 73.1. The SMILES string of the molecule is [C-]#[N+]CCOP(OCCN1CCC(Cn2c(=O)[nH]c3c(N)nc4cc(C)ccc4c32)CC1)OC[C@@H](COC(=O)CCCCCCC/C=C/C#CC#CC#CC#CC#CC#CC#CC)OC(=O)CCCCCCC/C=C/C#CC#CC#CC#CC#CC#CC#CC. The third-order valence-electron chi connectivity index (χ3n) is 12.8. The number of benzene rings is 1. The number of pyridine rings is 1. The van der Waals surface area contributed by atoms with E-state index in [0.717, 1.165) is 112 Å². The van der Waals surface area contributed by atoms with Crippen molar-refractivity contribution in [3.05, 3.63) is 70.0 Å². The van der Waals surface area contributed by atoms with Crippen molar-refractivity contribution in [2.75, 3.05) is 58.3 Å². The molecule has 0 aliphatic carbocycles. The van der Waals surface area contributed by atoms with E-state index in [1.54, 1.807) is 30.6 Å². The molecule has 0 spiro atoms. The molecule has 2 atom stereocenters. The van der Waals surface area contributed by atoms with Gasteiger partial charge in [0.25, 0.3) is 0 Å². The van der Waals surface area contributed by atoms with Crippen LogP contribution in [0.4, 0.5) is 5.82 Å². The Kier molecular flexibility index (Phi) is 38.4. The van der Waals surface area contributed by atoms with Gasteiger partial charge in [0.05, 0.1) is 24.2 Å². The summed E-state index contributed by atoms with van der Waals surface area (Å²) in [6.45, 7) is 15.6. The highest BCUT2D eigenvalue weighted by molar-refractivity contribution is 7.41. The fraction of sp³-hybridized carbons (Fsp3) is 0.400. The van der Waals surface area contributed by atoms with E-state index in [4.69, 9.17) is 35.4 Å². The van der Waals surface area contributed by atoms with E-state index >= 15 is 0 Å². The fourth-order valence-corrected chi connectivity index (χ4v) is 9.45. The number of aromatic amines is 1. The van der Waals surface area contributed by atoms with Gasteiger partial charge in [0.15, 0.2) is 6.10 Å². The molecule has 0 bridgehead atoms. The minimum atomic E-state index is -1.95. The van der Waals surface area contributed by atoms with Gasteiger partial charge in [-0.2, -0.15) is 0 Å². The number of hydrogen-bond acceptors (Lipinski definition) is 11. The van der Waals surface area contributed by atoms with Crippen molar-refractivity contribution in [3.8, 4) is 166 Å². The van der Waals surface area contributed by atoms with Crippen LogP contribution in [0.25, 0.3) is 26.8 Å². The summed E-state index contributed by atoms with van der Waals surface area (Å²) in [5, 5.41) is 0.882. The molecule has 0 amide bonds. The van der Waals surface area contributed by atoms with Gasteiger partial charge in [-0.15, -0.1) is 0 Å². The molecule has 15 heteroatoms. The molecule has 1 unspecified atom stereocenters. The van der Waals surface area contributed by atoms with Crippen molar-refractivity contribution < 1.29 is 32.6 Å². The first-order valence-corrected chi connectivity index (χ1v) is 30.8. The number of H-pyrrole nitrogens is 1. The zero-order valence-corrected chi connectivity index (χ0v) is 52.3. The number of esters is 2. The van der Waals surface area contributed by atoms with E-state index in [1.165, 1.54) is 0 Å². The monoisotopic (exact) mass is 1210 g/mol. The zero-order chi connectivity index (χ0) is 64.2. The molecule has 1 aliphatic rings. The molecule has 1 aliphatic heterocycles. The van der Waals surface area contributed by atoms with E-state index in [-0.39, 0.29) is 57.4 Å². The molecule has 3 heterocycles. The average molecular weight is 1220 g/mol. The Morgan fingerprint density at radius 3 is 1.72 bits per heavy atom. The van der Waals surface area contributed by atoms with Gasteiger partial charge in [-0.3, -0.25) is 14.2 Å². The van der Waals surface area contributed by atoms with Crippen LogP contribution >= 0.6 is 8.60 Å². The number of imidazole rings is 1. The maximum atomic E-state index is 13.3. The lowest BCUT2D eigenvalue weighted by Gasteiger charge is -2.32. The number of carbonyl (C=O) groups excluding carboxylic acids is 2. The average Bonchev–Trinajstić information content (AvgIpc) is 1.60. The first kappa shape index (κ1) is 72.2. The Morgan fingerprint density at radius 1 is 0.678 bits per heavy atom. The number of ether oxygens (including phenoxy) is 2. The molecule has 2 aromatic heterocycles. The van der Waals surface area contributed by atoms with Crippen LogP contribution in [-0.2, 0) is 39.2 Å². The Balaban J connectivity index is 1.21. The number of nitrogen functional groups attached to an aromatic ring is 1. The molecule has 1 saturated heterocycles. The number of fused-ring (bicyclic) bond motifs is 3. The van der Waals surface area contributed by atoms with Crippen molar-refractivity contribution in [2.45, 2.75) is 136 Å². The minimum absolute atomic E-state index is 0.0861. The molecule has 3 N–H and O–H groups in total. The lowest BCUT2D eigenvalue weighted by molar-refractivity contribution is -0.161. The number of anilines is 1. The summed E-state index contributed by atoms with van der Waals surface area (Å²) in [6, 6.07) is 5.98.